The summed E-state index contributed by atoms with van der Waals surface area (Å²) in [6, 6.07) is 21.2. The summed E-state index contributed by atoms with van der Waals surface area (Å²) < 4.78 is 11.1. The van der Waals surface area contributed by atoms with Gasteiger partial charge in [0.2, 0.25) is 0 Å². The Morgan fingerprint density at radius 1 is 1.00 bits per heavy atom. The van der Waals surface area contributed by atoms with E-state index in [0.717, 1.165) is 16.5 Å². The molecule has 1 saturated heterocycles. The van der Waals surface area contributed by atoms with Crippen LogP contribution >= 0.6 is 0 Å². The van der Waals surface area contributed by atoms with E-state index < -0.39 is 17.7 Å². The molecule has 2 heterocycles. The Bertz CT molecular complexity index is 1490. The van der Waals surface area contributed by atoms with Gasteiger partial charge in [-0.2, -0.15) is 0 Å². The highest BCUT2D eigenvalue weighted by Crippen LogP contribution is 2.42. The topological polar surface area (TPSA) is 91.9 Å². The zero-order chi connectivity index (χ0) is 25.9. The fraction of sp³-hybridized carbons (Fsp3) is 0.200. The Hall–Kier alpha value is -4.52. The summed E-state index contributed by atoms with van der Waals surface area (Å²) in [6.07, 6.45) is 2.46. The van der Waals surface area contributed by atoms with Crippen LogP contribution in [0.25, 0.3) is 16.7 Å². The van der Waals surface area contributed by atoms with Crippen LogP contribution in [-0.4, -0.2) is 46.9 Å². The Morgan fingerprint density at radius 2 is 1.73 bits per heavy atom. The van der Waals surface area contributed by atoms with Crippen molar-refractivity contribution < 1.29 is 24.2 Å². The van der Waals surface area contributed by atoms with E-state index in [2.05, 4.69) is 4.98 Å². The molecule has 0 aliphatic carbocycles. The van der Waals surface area contributed by atoms with Crippen LogP contribution in [0.15, 0.2) is 84.6 Å². The summed E-state index contributed by atoms with van der Waals surface area (Å²) >= 11 is 0. The van der Waals surface area contributed by atoms with Crippen molar-refractivity contribution in [3.8, 4) is 11.5 Å². The van der Waals surface area contributed by atoms with Crippen LogP contribution in [0.5, 0.6) is 11.5 Å². The lowest BCUT2D eigenvalue weighted by atomic mass is 9.94. The van der Waals surface area contributed by atoms with Crippen molar-refractivity contribution in [1.29, 1.82) is 0 Å². The summed E-state index contributed by atoms with van der Waals surface area (Å²) in [5, 5.41) is 12.4. The van der Waals surface area contributed by atoms with Gasteiger partial charge in [-0.3, -0.25) is 9.59 Å². The Morgan fingerprint density at radius 3 is 2.49 bits per heavy atom. The van der Waals surface area contributed by atoms with E-state index >= 15 is 0 Å². The second-order valence-electron chi connectivity index (χ2n) is 8.80. The van der Waals surface area contributed by atoms with Crippen LogP contribution < -0.4 is 9.47 Å². The second kappa shape index (κ2) is 10.2. The number of methoxy groups -OCH3 is 1. The summed E-state index contributed by atoms with van der Waals surface area (Å²) in [6.45, 7) is 2.69. The van der Waals surface area contributed by atoms with Gasteiger partial charge in [-0.15, -0.1) is 0 Å². The lowest BCUT2D eigenvalue weighted by molar-refractivity contribution is -0.139. The van der Waals surface area contributed by atoms with Crippen molar-refractivity contribution in [2.45, 2.75) is 19.4 Å². The summed E-state index contributed by atoms with van der Waals surface area (Å²) in [5.74, 6) is -0.417. The number of carbonyl (C=O) groups excluding carboxylic acids is 2. The van der Waals surface area contributed by atoms with Crippen molar-refractivity contribution in [3.63, 3.8) is 0 Å². The predicted molar refractivity (Wildman–Crippen MR) is 142 cm³/mol. The third kappa shape index (κ3) is 4.44. The SMILES string of the molecule is CCOc1ccc(/C(O)=C2\C(=O)C(=O)N(CCc3c[nH]c4ccccc34)C2c2ccccc2OC)cc1. The largest absolute Gasteiger partial charge is 0.507 e. The lowest BCUT2D eigenvalue weighted by Gasteiger charge is -2.26. The number of nitrogens with zero attached hydrogens (tertiary/aromatic N) is 1. The molecular weight excluding hydrogens is 468 g/mol. The van der Waals surface area contributed by atoms with Gasteiger partial charge in [-0.05, 0) is 55.3 Å². The van der Waals surface area contributed by atoms with Crippen LogP contribution in [0.4, 0.5) is 0 Å². The normalized spacial score (nSPS) is 16.9. The number of para-hydroxylation sites is 2. The molecule has 0 saturated carbocycles. The van der Waals surface area contributed by atoms with Crippen LogP contribution in [0.2, 0.25) is 0 Å². The summed E-state index contributed by atoms with van der Waals surface area (Å²) in [7, 11) is 1.55. The number of aromatic amines is 1. The molecule has 4 aromatic rings. The van der Waals surface area contributed by atoms with Crippen molar-refractivity contribution >= 4 is 28.4 Å². The number of benzene rings is 3. The molecule has 1 aliphatic rings. The minimum atomic E-state index is -0.798. The van der Waals surface area contributed by atoms with Gasteiger partial charge in [0.1, 0.15) is 17.3 Å². The number of ether oxygens (including phenoxy) is 2. The number of amides is 1. The van der Waals surface area contributed by atoms with Crippen molar-refractivity contribution in [2.24, 2.45) is 0 Å². The maximum absolute atomic E-state index is 13.4. The van der Waals surface area contributed by atoms with E-state index in [9.17, 15) is 14.7 Å². The smallest absolute Gasteiger partial charge is 0.295 e. The molecule has 7 nitrogen and oxygen atoms in total. The monoisotopic (exact) mass is 496 g/mol. The molecule has 0 radical (unpaired) electrons. The first-order valence-electron chi connectivity index (χ1n) is 12.2. The Labute approximate surface area is 214 Å². The molecule has 1 atom stereocenters. The average Bonchev–Trinajstić information content (AvgIpc) is 3.45. The molecule has 1 fully saturated rings. The van der Waals surface area contributed by atoms with E-state index in [1.54, 1.807) is 37.4 Å². The fourth-order valence-electron chi connectivity index (χ4n) is 4.94. The van der Waals surface area contributed by atoms with Gasteiger partial charge in [0.05, 0.1) is 25.3 Å². The molecule has 188 valence electrons. The van der Waals surface area contributed by atoms with E-state index in [-0.39, 0.29) is 17.9 Å². The van der Waals surface area contributed by atoms with Gasteiger partial charge < -0.3 is 24.5 Å². The number of ketones is 1. The number of aliphatic hydroxyl groups excluding tert-OH is 1. The third-order valence-electron chi connectivity index (χ3n) is 6.71. The number of Topliss-reactive ketones (excluding diaryl/α,β-unsaturated/α-hetero) is 1. The van der Waals surface area contributed by atoms with E-state index in [0.29, 0.717) is 35.7 Å². The van der Waals surface area contributed by atoms with Gasteiger partial charge in [-0.1, -0.05) is 36.4 Å². The molecule has 5 rings (SSSR count). The molecule has 0 bridgehead atoms. The number of H-pyrrole nitrogens is 1. The minimum Gasteiger partial charge on any atom is -0.507 e. The zero-order valence-electron chi connectivity index (χ0n) is 20.7. The molecule has 1 aliphatic heterocycles. The number of aromatic nitrogens is 1. The quantitative estimate of drug-likeness (QED) is 0.198. The van der Waals surface area contributed by atoms with Crippen molar-refractivity contribution in [2.75, 3.05) is 20.3 Å². The standard InChI is InChI=1S/C30H28N2O5/c1-3-37-21-14-12-19(13-15-21)28(33)26-27(23-9-5-7-11-25(23)36-2)32(30(35)29(26)34)17-16-20-18-31-24-10-6-4-8-22(20)24/h4-15,18,27,31,33H,3,16-17H2,1-2H3/b28-26+. The summed E-state index contributed by atoms with van der Waals surface area (Å²) in [4.78, 5) is 31.5. The number of hydrogen-bond donors (Lipinski definition) is 2. The van der Waals surface area contributed by atoms with E-state index in [4.69, 9.17) is 9.47 Å². The minimum absolute atomic E-state index is 0.0394. The first kappa shape index (κ1) is 24.2. The molecule has 1 amide bonds. The third-order valence-corrected chi connectivity index (χ3v) is 6.71. The van der Waals surface area contributed by atoms with Gasteiger partial charge in [0.25, 0.3) is 11.7 Å². The highest BCUT2D eigenvalue weighted by atomic mass is 16.5. The van der Waals surface area contributed by atoms with Gasteiger partial charge >= 0.3 is 0 Å². The number of hydrogen-bond acceptors (Lipinski definition) is 5. The second-order valence-corrected chi connectivity index (χ2v) is 8.80. The van der Waals surface area contributed by atoms with Gasteiger partial charge in [-0.25, -0.2) is 0 Å². The molecule has 2 N–H and O–H groups in total. The molecular formula is C30H28N2O5. The lowest BCUT2D eigenvalue weighted by Crippen LogP contribution is -2.31. The predicted octanol–water partition coefficient (Wildman–Crippen LogP) is 5.24. The van der Waals surface area contributed by atoms with E-state index in [1.807, 2.05) is 55.6 Å². The highest BCUT2D eigenvalue weighted by molar-refractivity contribution is 6.46. The van der Waals surface area contributed by atoms with Crippen LogP contribution in [0, 0.1) is 0 Å². The number of carbonyl (C=O) groups is 2. The van der Waals surface area contributed by atoms with Crippen LogP contribution in [0.3, 0.4) is 0 Å². The number of nitrogens with one attached hydrogen (secondary N) is 1. The molecule has 1 unspecified atom stereocenters. The first-order valence-corrected chi connectivity index (χ1v) is 12.2. The summed E-state index contributed by atoms with van der Waals surface area (Å²) in [5.41, 5.74) is 3.16. The maximum Gasteiger partial charge on any atom is 0.295 e. The first-order chi connectivity index (χ1) is 18.0. The van der Waals surface area contributed by atoms with Crippen molar-refractivity contribution in [3.05, 3.63) is 101 Å². The Balaban J connectivity index is 1.57. The van der Waals surface area contributed by atoms with Crippen molar-refractivity contribution in [1.82, 2.24) is 9.88 Å². The number of likely N-dealkylation sites (tertiary alicyclic amines) is 1. The van der Waals surface area contributed by atoms with Crippen LogP contribution in [0.1, 0.15) is 29.7 Å². The average molecular weight is 497 g/mol. The zero-order valence-corrected chi connectivity index (χ0v) is 20.7. The fourth-order valence-corrected chi connectivity index (χ4v) is 4.94. The highest BCUT2D eigenvalue weighted by Gasteiger charge is 2.46. The molecule has 1 aromatic heterocycles. The number of aliphatic hydroxyl groups is 1. The van der Waals surface area contributed by atoms with Gasteiger partial charge in [0, 0.05) is 34.8 Å². The maximum atomic E-state index is 13.4. The molecule has 0 spiro atoms. The number of fused-ring (bicyclic) bond motifs is 1. The van der Waals surface area contributed by atoms with Gasteiger partial charge in [0.15, 0.2) is 0 Å². The van der Waals surface area contributed by atoms with E-state index in [1.165, 1.54) is 4.90 Å². The number of rotatable bonds is 8. The molecule has 3 aromatic carbocycles. The Kier molecular flexibility index (Phi) is 6.68. The molecule has 7 heteroatoms. The van der Waals surface area contributed by atoms with Crippen LogP contribution in [-0.2, 0) is 16.0 Å². The molecule has 37 heavy (non-hydrogen) atoms.